The number of benzene rings is 2. The van der Waals surface area contributed by atoms with Crippen molar-refractivity contribution in [2.45, 2.75) is 6.92 Å². The van der Waals surface area contributed by atoms with Gasteiger partial charge in [0.05, 0.1) is 5.02 Å². The number of nitrogens with zero attached hydrogens (tertiary/aromatic N) is 1. The fourth-order valence-corrected chi connectivity index (χ4v) is 3.29. The number of halogens is 2. The third-order valence-electron chi connectivity index (χ3n) is 4.07. The van der Waals surface area contributed by atoms with Crippen molar-refractivity contribution in [3.63, 3.8) is 0 Å². The summed E-state index contributed by atoms with van der Waals surface area (Å²) in [6.45, 7) is 1.30. The highest BCUT2D eigenvalue weighted by Crippen LogP contribution is 2.32. The molecule has 4 rings (SSSR count). The van der Waals surface area contributed by atoms with Crippen molar-refractivity contribution in [3.05, 3.63) is 81.7 Å². The van der Waals surface area contributed by atoms with Gasteiger partial charge in [0.2, 0.25) is 5.90 Å². The fraction of sp³-hybridized carbons (Fsp3) is 0.0455. The molecule has 0 saturated carbocycles. The Labute approximate surface area is 181 Å². The molecule has 6 nitrogen and oxygen atoms in total. The summed E-state index contributed by atoms with van der Waals surface area (Å²) in [4.78, 5) is 27.6. The first-order chi connectivity index (χ1) is 14.4. The van der Waals surface area contributed by atoms with Gasteiger partial charge in [0, 0.05) is 29.1 Å². The van der Waals surface area contributed by atoms with Gasteiger partial charge in [-0.05, 0) is 48.5 Å². The molecule has 0 atom stereocenters. The molecule has 30 heavy (non-hydrogen) atoms. The number of cyclic esters (lactones) is 1. The predicted molar refractivity (Wildman–Crippen MR) is 113 cm³/mol. The van der Waals surface area contributed by atoms with E-state index in [1.807, 2.05) is 0 Å². The second-order valence-corrected chi connectivity index (χ2v) is 7.13. The lowest BCUT2D eigenvalue weighted by atomic mass is 10.2. The standard InChI is InChI=1S/C22H13Cl2NO5/c1-12(26)28-15-4-2-3-13(9-15)21-25-19(22(27)30-21)11-16-6-8-20(29-16)17-7-5-14(23)10-18(17)24/h2-11H,1H3/b19-11-. The van der Waals surface area contributed by atoms with Crippen LogP contribution in [0, 0.1) is 0 Å². The zero-order valence-electron chi connectivity index (χ0n) is 15.5. The molecular formula is C22H13Cl2NO5. The SMILES string of the molecule is CC(=O)Oc1cccc(C2=N/C(=C\c3ccc(-c4ccc(Cl)cc4Cl)o3)C(=O)O2)c1. The summed E-state index contributed by atoms with van der Waals surface area (Å²) in [5.74, 6) is 0.284. The summed E-state index contributed by atoms with van der Waals surface area (Å²) in [5.41, 5.74) is 1.25. The quantitative estimate of drug-likeness (QED) is 0.302. The van der Waals surface area contributed by atoms with Crippen LogP contribution in [0.1, 0.15) is 18.2 Å². The Kier molecular flexibility index (Phi) is 5.44. The molecule has 1 aliphatic heterocycles. The average molecular weight is 442 g/mol. The van der Waals surface area contributed by atoms with Crippen molar-refractivity contribution < 1.29 is 23.5 Å². The maximum absolute atomic E-state index is 12.2. The second-order valence-electron chi connectivity index (χ2n) is 6.28. The molecule has 1 aromatic heterocycles. The first kappa shape index (κ1) is 19.9. The second kappa shape index (κ2) is 8.18. The van der Waals surface area contributed by atoms with Crippen LogP contribution in [0.15, 0.2) is 69.7 Å². The van der Waals surface area contributed by atoms with Crippen LogP contribution in [0.4, 0.5) is 0 Å². The molecule has 0 radical (unpaired) electrons. The lowest BCUT2D eigenvalue weighted by Crippen LogP contribution is -2.06. The summed E-state index contributed by atoms with van der Waals surface area (Å²) in [7, 11) is 0. The lowest BCUT2D eigenvalue weighted by Gasteiger charge is -2.03. The van der Waals surface area contributed by atoms with Crippen LogP contribution in [0.5, 0.6) is 5.75 Å². The number of ether oxygens (including phenoxy) is 2. The van der Waals surface area contributed by atoms with Gasteiger partial charge in [-0.1, -0.05) is 29.3 Å². The normalized spacial score (nSPS) is 14.6. The molecule has 2 aromatic carbocycles. The summed E-state index contributed by atoms with van der Waals surface area (Å²) < 4.78 is 16.0. The summed E-state index contributed by atoms with van der Waals surface area (Å²) in [5, 5.41) is 0.968. The van der Waals surface area contributed by atoms with Crippen LogP contribution in [0.2, 0.25) is 10.0 Å². The zero-order chi connectivity index (χ0) is 21.3. The van der Waals surface area contributed by atoms with E-state index < -0.39 is 11.9 Å². The minimum atomic E-state index is -0.620. The van der Waals surface area contributed by atoms with Gasteiger partial charge >= 0.3 is 11.9 Å². The first-order valence-corrected chi connectivity index (χ1v) is 9.51. The van der Waals surface area contributed by atoms with Crippen molar-refractivity contribution in [1.29, 1.82) is 0 Å². The van der Waals surface area contributed by atoms with E-state index in [2.05, 4.69) is 4.99 Å². The minimum absolute atomic E-state index is 0.0750. The Bertz CT molecular complexity index is 1230. The summed E-state index contributed by atoms with van der Waals surface area (Å²) >= 11 is 12.1. The van der Waals surface area contributed by atoms with Gasteiger partial charge in [0.25, 0.3) is 0 Å². The Morgan fingerprint density at radius 1 is 1.10 bits per heavy atom. The molecule has 1 aliphatic rings. The Hall–Kier alpha value is -3.35. The third kappa shape index (κ3) is 4.30. The van der Waals surface area contributed by atoms with E-state index in [0.29, 0.717) is 38.4 Å². The topological polar surface area (TPSA) is 78.1 Å². The molecule has 150 valence electrons. The van der Waals surface area contributed by atoms with Gasteiger partial charge in [0.15, 0.2) is 5.70 Å². The molecule has 0 saturated heterocycles. The van der Waals surface area contributed by atoms with E-state index in [9.17, 15) is 9.59 Å². The highest BCUT2D eigenvalue weighted by Gasteiger charge is 2.25. The molecule has 8 heteroatoms. The van der Waals surface area contributed by atoms with Crippen LogP contribution in [0.3, 0.4) is 0 Å². The minimum Gasteiger partial charge on any atom is -0.457 e. The van der Waals surface area contributed by atoms with Crippen molar-refractivity contribution in [1.82, 2.24) is 0 Å². The van der Waals surface area contributed by atoms with Crippen molar-refractivity contribution in [2.24, 2.45) is 4.99 Å². The van der Waals surface area contributed by atoms with Gasteiger partial charge < -0.3 is 13.9 Å². The van der Waals surface area contributed by atoms with E-state index >= 15 is 0 Å². The van der Waals surface area contributed by atoms with Crippen molar-refractivity contribution >= 4 is 47.1 Å². The maximum Gasteiger partial charge on any atom is 0.363 e. The monoisotopic (exact) mass is 441 g/mol. The van der Waals surface area contributed by atoms with E-state index in [-0.39, 0.29) is 11.6 Å². The summed E-state index contributed by atoms with van der Waals surface area (Å²) in [6.07, 6.45) is 1.47. The molecule has 0 spiro atoms. The van der Waals surface area contributed by atoms with E-state index in [1.54, 1.807) is 54.6 Å². The Balaban J connectivity index is 1.60. The van der Waals surface area contributed by atoms with Crippen LogP contribution in [0.25, 0.3) is 17.4 Å². The molecular weight excluding hydrogens is 429 g/mol. The molecule has 0 aliphatic carbocycles. The van der Waals surface area contributed by atoms with Crippen molar-refractivity contribution in [3.8, 4) is 17.1 Å². The number of hydrogen-bond acceptors (Lipinski definition) is 6. The summed E-state index contributed by atoms with van der Waals surface area (Å²) in [6, 6.07) is 15.0. The molecule has 2 heterocycles. The van der Waals surface area contributed by atoms with E-state index in [4.69, 9.17) is 37.1 Å². The number of carbonyl (C=O) groups excluding carboxylic acids is 2. The molecule has 0 N–H and O–H groups in total. The molecule has 0 bridgehead atoms. The Morgan fingerprint density at radius 3 is 2.70 bits per heavy atom. The Morgan fingerprint density at radius 2 is 1.93 bits per heavy atom. The van der Waals surface area contributed by atoms with E-state index in [0.717, 1.165) is 0 Å². The van der Waals surface area contributed by atoms with E-state index in [1.165, 1.54) is 13.0 Å². The van der Waals surface area contributed by atoms with Crippen LogP contribution in [-0.2, 0) is 14.3 Å². The number of carbonyl (C=O) groups is 2. The van der Waals surface area contributed by atoms with Gasteiger partial charge in [-0.25, -0.2) is 9.79 Å². The third-order valence-corrected chi connectivity index (χ3v) is 4.61. The highest BCUT2D eigenvalue weighted by molar-refractivity contribution is 6.36. The van der Waals surface area contributed by atoms with Crippen LogP contribution >= 0.6 is 23.2 Å². The number of hydrogen-bond donors (Lipinski definition) is 0. The average Bonchev–Trinajstić information content (AvgIpc) is 3.29. The predicted octanol–water partition coefficient (Wildman–Crippen LogP) is 5.52. The largest absolute Gasteiger partial charge is 0.457 e. The number of esters is 2. The van der Waals surface area contributed by atoms with Crippen LogP contribution in [-0.4, -0.2) is 17.8 Å². The molecule has 0 fully saturated rings. The number of rotatable bonds is 4. The smallest absolute Gasteiger partial charge is 0.363 e. The molecule has 0 amide bonds. The zero-order valence-corrected chi connectivity index (χ0v) is 17.0. The maximum atomic E-state index is 12.2. The first-order valence-electron chi connectivity index (χ1n) is 8.76. The van der Waals surface area contributed by atoms with Gasteiger partial charge in [0.1, 0.15) is 17.3 Å². The molecule has 0 unspecified atom stereocenters. The molecule has 3 aromatic rings. The number of furan rings is 1. The van der Waals surface area contributed by atoms with Crippen molar-refractivity contribution in [2.75, 3.05) is 0 Å². The highest BCUT2D eigenvalue weighted by atomic mass is 35.5. The fourth-order valence-electron chi connectivity index (χ4n) is 2.79. The van der Waals surface area contributed by atoms with Gasteiger partial charge in [-0.15, -0.1) is 0 Å². The van der Waals surface area contributed by atoms with Gasteiger partial charge in [-0.2, -0.15) is 0 Å². The lowest BCUT2D eigenvalue weighted by molar-refractivity contribution is -0.132. The van der Waals surface area contributed by atoms with Gasteiger partial charge in [-0.3, -0.25) is 4.79 Å². The van der Waals surface area contributed by atoms with Crippen LogP contribution < -0.4 is 4.74 Å². The number of aliphatic imine (C=N–C) groups is 1.